The van der Waals surface area contributed by atoms with Crippen LogP contribution in [0.2, 0.25) is 0 Å². The van der Waals surface area contributed by atoms with Crippen LogP contribution in [-0.4, -0.2) is 35.4 Å². The third-order valence-electron chi connectivity index (χ3n) is 3.67. The summed E-state index contributed by atoms with van der Waals surface area (Å²) in [5.74, 6) is -0.995. The average molecular weight is 264 g/mol. The van der Waals surface area contributed by atoms with Gasteiger partial charge in [0.1, 0.15) is 0 Å². The van der Waals surface area contributed by atoms with Crippen molar-refractivity contribution in [1.82, 2.24) is 0 Å². The van der Waals surface area contributed by atoms with Gasteiger partial charge in [0.25, 0.3) is 0 Å². The number of nitrogens with zero attached hydrogens (tertiary/aromatic N) is 1. The second-order valence-electron chi connectivity index (χ2n) is 4.93. The fourth-order valence-electron chi connectivity index (χ4n) is 2.71. The quantitative estimate of drug-likeness (QED) is 0.705. The molecule has 0 bridgehead atoms. The first kappa shape index (κ1) is 13.7. The minimum absolute atomic E-state index is 0.158. The highest BCUT2D eigenvalue weighted by atomic mass is 16.4. The van der Waals surface area contributed by atoms with Gasteiger partial charge in [0, 0.05) is 30.6 Å². The summed E-state index contributed by atoms with van der Waals surface area (Å²) in [5, 5.41) is 18.0. The van der Waals surface area contributed by atoms with Gasteiger partial charge in [-0.1, -0.05) is 0 Å². The van der Waals surface area contributed by atoms with Crippen molar-refractivity contribution < 1.29 is 15.0 Å². The maximum atomic E-state index is 11.1. The summed E-state index contributed by atoms with van der Waals surface area (Å²) in [6, 6.07) is 5.56. The van der Waals surface area contributed by atoms with E-state index in [0.29, 0.717) is 11.7 Å². The molecule has 1 aromatic rings. The molecule has 5 nitrogen and oxygen atoms in total. The molecule has 0 spiro atoms. The van der Waals surface area contributed by atoms with E-state index in [-0.39, 0.29) is 12.2 Å². The van der Waals surface area contributed by atoms with Crippen LogP contribution in [0.4, 0.5) is 11.4 Å². The third kappa shape index (κ3) is 2.98. The number of aliphatic hydroxyl groups excluding tert-OH is 1. The van der Waals surface area contributed by atoms with Gasteiger partial charge in [-0.3, -0.25) is 0 Å². The first-order chi connectivity index (χ1) is 9.13. The number of nitrogen functional groups attached to an aromatic ring is 1. The summed E-state index contributed by atoms with van der Waals surface area (Å²) in [5.41, 5.74) is 7.03. The van der Waals surface area contributed by atoms with E-state index in [1.807, 2.05) is 6.07 Å². The average Bonchev–Trinajstić information content (AvgIpc) is 2.85. The van der Waals surface area contributed by atoms with Crippen molar-refractivity contribution in [3.8, 4) is 0 Å². The van der Waals surface area contributed by atoms with Gasteiger partial charge < -0.3 is 20.8 Å². The van der Waals surface area contributed by atoms with Gasteiger partial charge in [0.2, 0.25) is 0 Å². The second-order valence-corrected chi connectivity index (χ2v) is 4.93. The molecular weight excluding hydrogens is 244 g/mol. The molecule has 19 heavy (non-hydrogen) atoms. The van der Waals surface area contributed by atoms with Crippen molar-refractivity contribution >= 4 is 17.3 Å². The zero-order chi connectivity index (χ0) is 13.8. The number of aliphatic hydroxyl groups is 1. The molecule has 0 aliphatic carbocycles. The number of carboxylic acids is 1. The number of rotatable bonds is 5. The maximum Gasteiger partial charge on any atom is 0.337 e. The Balaban J connectivity index is 2.20. The highest BCUT2D eigenvalue weighted by molar-refractivity contribution is 5.94. The van der Waals surface area contributed by atoms with Crippen LogP contribution in [0, 0.1) is 0 Å². The van der Waals surface area contributed by atoms with Gasteiger partial charge in [0.05, 0.1) is 5.56 Å². The van der Waals surface area contributed by atoms with Crippen molar-refractivity contribution in [3.05, 3.63) is 23.8 Å². The molecule has 0 saturated carbocycles. The lowest BCUT2D eigenvalue weighted by molar-refractivity contribution is 0.0698. The number of carboxylic acid groups (broad SMARTS) is 1. The number of anilines is 2. The van der Waals surface area contributed by atoms with E-state index in [0.717, 1.165) is 37.9 Å². The maximum absolute atomic E-state index is 11.1. The van der Waals surface area contributed by atoms with Gasteiger partial charge in [-0.05, 0) is 43.9 Å². The molecule has 1 aromatic carbocycles. The van der Waals surface area contributed by atoms with Crippen LogP contribution in [0.3, 0.4) is 0 Å². The van der Waals surface area contributed by atoms with Crippen LogP contribution in [0.25, 0.3) is 0 Å². The van der Waals surface area contributed by atoms with E-state index in [1.54, 1.807) is 12.1 Å². The molecule has 4 N–H and O–H groups in total. The fraction of sp³-hybridized carbons (Fsp3) is 0.500. The van der Waals surface area contributed by atoms with Crippen molar-refractivity contribution in [2.24, 2.45) is 0 Å². The second kappa shape index (κ2) is 5.93. The Labute approximate surface area is 112 Å². The van der Waals surface area contributed by atoms with Crippen LogP contribution in [-0.2, 0) is 0 Å². The third-order valence-corrected chi connectivity index (χ3v) is 3.67. The van der Waals surface area contributed by atoms with Crippen molar-refractivity contribution in [2.75, 3.05) is 23.8 Å². The number of hydrogen-bond donors (Lipinski definition) is 3. The predicted molar refractivity (Wildman–Crippen MR) is 74.5 cm³/mol. The number of carbonyl (C=O) groups is 1. The summed E-state index contributed by atoms with van der Waals surface area (Å²) in [4.78, 5) is 13.3. The molecule has 0 aromatic heterocycles. The lowest BCUT2D eigenvalue weighted by Crippen LogP contribution is -2.29. The molecule has 5 heteroatoms. The van der Waals surface area contributed by atoms with E-state index in [2.05, 4.69) is 4.90 Å². The Kier molecular flexibility index (Phi) is 4.27. The van der Waals surface area contributed by atoms with Crippen LogP contribution in [0.5, 0.6) is 0 Å². The largest absolute Gasteiger partial charge is 0.478 e. The smallest absolute Gasteiger partial charge is 0.337 e. The molecular formula is C14H20N2O3. The molecule has 1 heterocycles. The molecule has 104 valence electrons. The number of aromatic carboxylic acids is 1. The minimum Gasteiger partial charge on any atom is -0.478 e. The van der Waals surface area contributed by atoms with E-state index in [9.17, 15) is 4.79 Å². The molecule has 1 saturated heterocycles. The SMILES string of the molecule is Nc1ccc(N2CCCC2CCCO)cc1C(=O)O. The summed E-state index contributed by atoms with van der Waals surface area (Å²) < 4.78 is 0. The molecule has 0 radical (unpaired) electrons. The van der Waals surface area contributed by atoms with Gasteiger partial charge in [-0.2, -0.15) is 0 Å². The Morgan fingerprint density at radius 3 is 2.95 bits per heavy atom. The normalized spacial score (nSPS) is 18.8. The summed E-state index contributed by atoms with van der Waals surface area (Å²) in [6.07, 6.45) is 3.90. The van der Waals surface area contributed by atoms with E-state index < -0.39 is 5.97 Å². The Bertz CT molecular complexity index is 462. The standard InChI is InChI=1S/C14H20N2O3/c15-13-6-5-11(9-12(13)14(18)19)16-7-1-3-10(16)4-2-8-17/h5-6,9-10,17H,1-4,7-8,15H2,(H,18,19). The summed E-state index contributed by atoms with van der Waals surface area (Å²) >= 11 is 0. The zero-order valence-corrected chi connectivity index (χ0v) is 10.9. The van der Waals surface area contributed by atoms with Crippen molar-refractivity contribution in [3.63, 3.8) is 0 Å². The van der Waals surface area contributed by atoms with Crippen molar-refractivity contribution in [2.45, 2.75) is 31.7 Å². The molecule has 1 atom stereocenters. The highest BCUT2D eigenvalue weighted by Crippen LogP contribution is 2.30. The summed E-state index contributed by atoms with van der Waals surface area (Å²) in [6.45, 7) is 1.13. The van der Waals surface area contributed by atoms with E-state index >= 15 is 0 Å². The van der Waals surface area contributed by atoms with Crippen LogP contribution in [0.1, 0.15) is 36.0 Å². The lowest BCUT2D eigenvalue weighted by atomic mass is 10.1. The van der Waals surface area contributed by atoms with E-state index in [1.165, 1.54) is 0 Å². The molecule has 1 fully saturated rings. The topological polar surface area (TPSA) is 86.8 Å². The molecule has 1 aliphatic rings. The van der Waals surface area contributed by atoms with Gasteiger partial charge in [-0.15, -0.1) is 0 Å². The van der Waals surface area contributed by atoms with Crippen molar-refractivity contribution in [1.29, 1.82) is 0 Å². The zero-order valence-electron chi connectivity index (χ0n) is 10.9. The first-order valence-electron chi connectivity index (χ1n) is 6.64. The number of nitrogens with two attached hydrogens (primary N) is 1. The lowest BCUT2D eigenvalue weighted by Gasteiger charge is -2.27. The minimum atomic E-state index is -0.995. The van der Waals surface area contributed by atoms with Gasteiger partial charge >= 0.3 is 5.97 Å². The highest BCUT2D eigenvalue weighted by Gasteiger charge is 2.25. The molecule has 0 amide bonds. The van der Waals surface area contributed by atoms with Gasteiger partial charge in [-0.25, -0.2) is 4.79 Å². The number of hydrogen-bond acceptors (Lipinski definition) is 4. The van der Waals surface area contributed by atoms with Crippen LogP contribution >= 0.6 is 0 Å². The Morgan fingerprint density at radius 1 is 1.47 bits per heavy atom. The van der Waals surface area contributed by atoms with E-state index in [4.69, 9.17) is 15.9 Å². The molecule has 1 aliphatic heterocycles. The monoisotopic (exact) mass is 264 g/mol. The van der Waals surface area contributed by atoms with Crippen LogP contribution in [0.15, 0.2) is 18.2 Å². The summed E-state index contributed by atoms with van der Waals surface area (Å²) in [7, 11) is 0. The first-order valence-corrected chi connectivity index (χ1v) is 6.64. The molecule has 2 rings (SSSR count). The molecule has 1 unspecified atom stereocenters. The number of benzene rings is 1. The Hall–Kier alpha value is -1.75. The fourth-order valence-corrected chi connectivity index (χ4v) is 2.71. The Morgan fingerprint density at radius 2 is 2.26 bits per heavy atom. The van der Waals surface area contributed by atoms with Crippen LogP contribution < -0.4 is 10.6 Å². The van der Waals surface area contributed by atoms with Gasteiger partial charge in [0.15, 0.2) is 0 Å². The predicted octanol–water partition coefficient (Wildman–Crippen LogP) is 1.71.